The molecule has 26 heavy (non-hydrogen) atoms. The van der Waals surface area contributed by atoms with Crippen LogP contribution in [0.1, 0.15) is 25.5 Å². The number of pyridine rings is 1. The predicted molar refractivity (Wildman–Crippen MR) is 104 cm³/mol. The number of nitrogens with two attached hydrogens (primary N) is 1. The van der Waals surface area contributed by atoms with E-state index >= 15 is 0 Å². The molecule has 3 rings (SSSR count). The lowest BCUT2D eigenvalue weighted by molar-refractivity contribution is 0.599. The Kier molecular flexibility index (Phi) is 5.48. The summed E-state index contributed by atoms with van der Waals surface area (Å²) in [7, 11) is 0. The Hall–Kier alpha value is -2.93. The molecule has 0 aliphatic carbocycles. The van der Waals surface area contributed by atoms with Gasteiger partial charge in [-0.1, -0.05) is 31.5 Å². The number of rotatable bonds is 6. The van der Waals surface area contributed by atoms with Gasteiger partial charge in [0.1, 0.15) is 6.34 Å². The topological polar surface area (TPSA) is 84.7 Å². The standard InChI is InChI=1S/C18H20ClN7/c1-3-5-17-16(22-11-13(2)25(17)12-23-20)10-14-7-9-24-26(14)18-15(19)6-4-8-21-18/h4,6-9,11-12H,2-3,5,10,20H2,1H3/b23-12-. The first-order valence-electron chi connectivity index (χ1n) is 8.27. The van der Waals surface area contributed by atoms with Crippen molar-refractivity contribution in [2.75, 3.05) is 0 Å². The predicted octanol–water partition coefficient (Wildman–Crippen LogP) is 3.28. The van der Waals surface area contributed by atoms with Crippen LogP contribution in [-0.4, -0.2) is 32.2 Å². The molecule has 2 aromatic rings. The fourth-order valence-electron chi connectivity index (χ4n) is 2.82. The normalized spacial score (nSPS) is 14.7. The number of nitrogens with zero attached hydrogens (tertiary/aromatic N) is 6. The van der Waals surface area contributed by atoms with Crippen LogP contribution in [0.15, 0.2) is 64.4 Å². The van der Waals surface area contributed by atoms with Gasteiger partial charge in [-0.2, -0.15) is 10.2 Å². The average Bonchev–Trinajstić information content (AvgIpc) is 3.09. The molecule has 1 aliphatic rings. The van der Waals surface area contributed by atoms with Crippen LogP contribution in [0.2, 0.25) is 5.02 Å². The fourth-order valence-corrected chi connectivity index (χ4v) is 3.02. The van der Waals surface area contributed by atoms with Crippen molar-refractivity contribution >= 4 is 24.2 Å². The monoisotopic (exact) mass is 369 g/mol. The van der Waals surface area contributed by atoms with Crippen molar-refractivity contribution in [2.45, 2.75) is 26.2 Å². The van der Waals surface area contributed by atoms with Crippen LogP contribution in [-0.2, 0) is 6.42 Å². The highest BCUT2D eigenvalue weighted by atomic mass is 35.5. The van der Waals surface area contributed by atoms with Crippen molar-refractivity contribution in [3.05, 3.63) is 65.0 Å². The van der Waals surface area contributed by atoms with Crippen molar-refractivity contribution in [3.8, 4) is 5.82 Å². The molecule has 2 aromatic heterocycles. The fraction of sp³-hybridized carbons (Fsp3) is 0.222. The zero-order chi connectivity index (χ0) is 18.5. The van der Waals surface area contributed by atoms with Crippen LogP contribution < -0.4 is 5.84 Å². The van der Waals surface area contributed by atoms with Crippen LogP contribution in [0.25, 0.3) is 5.82 Å². The van der Waals surface area contributed by atoms with Gasteiger partial charge in [-0.3, -0.25) is 4.99 Å². The van der Waals surface area contributed by atoms with E-state index in [-0.39, 0.29) is 0 Å². The number of hydrogen-bond donors (Lipinski definition) is 1. The largest absolute Gasteiger partial charge is 0.322 e. The second-order valence-electron chi connectivity index (χ2n) is 5.75. The van der Waals surface area contributed by atoms with E-state index in [1.165, 1.54) is 0 Å². The Morgan fingerprint density at radius 3 is 2.92 bits per heavy atom. The summed E-state index contributed by atoms with van der Waals surface area (Å²) in [5.74, 6) is 5.95. The van der Waals surface area contributed by atoms with Gasteiger partial charge in [-0.15, -0.1) is 0 Å². The summed E-state index contributed by atoms with van der Waals surface area (Å²) in [5.41, 5.74) is 3.60. The molecule has 0 spiro atoms. The zero-order valence-electron chi connectivity index (χ0n) is 14.5. The first-order chi connectivity index (χ1) is 12.7. The Labute approximate surface area is 157 Å². The first kappa shape index (κ1) is 17.9. The van der Waals surface area contributed by atoms with Gasteiger partial charge in [0.05, 0.1) is 28.3 Å². The summed E-state index contributed by atoms with van der Waals surface area (Å²) in [6.07, 6.45) is 9.05. The summed E-state index contributed by atoms with van der Waals surface area (Å²) >= 11 is 6.28. The zero-order valence-corrected chi connectivity index (χ0v) is 15.3. The molecule has 2 N–H and O–H groups in total. The smallest absolute Gasteiger partial charge is 0.172 e. The van der Waals surface area contributed by atoms with Crippen molar-refractivity contribution in [1.82, 2.24) is 19.7 Å². The van der Waals surface area contributed by atoms with Gasteiger partial charge in [-0.25, -0.2) is 9.67 Å². The molecular formula is C18H20ClN7. The van der Waals surface area contributed by atoms with E-state index in [0.29, 0.717) is 17.3 Å². The van der Waals surface area contributed by atoms with E-state index in [0.717, 1.165) is 35.6 Å². The number of aliphatic imine (C=N–C) groups is 1. The first-order valence-corrected chi connectivity index (χ1v) is 8.65. The minimum absolute atomic E-state index is 0.539. The molecule has 8 heteroatoms. The molecule has 0 aromatic carbocycles. The molecule has 0 radical (unpaired) electrons. The van der Waals surface area contributed by atoms with Crippen molar-refractivity contribution in [3.63, 3.8) is 0 Å². The molecule has 0 fully saturated rings. The molecule has 134 valence electrons. The molecule has 0 saturated heterocycles. The van der Waals surface area contributed by atoms with Crippen molar-refractivity contribution in [2.24, 2.45) is 15.9 Å². The number of allylic oxidation sites excluding steroid dienone is 3. The van der Waals surface area contributed by atoms with Gasteiger partial charge in [0.15, 0.2) is 5.82 Å². The molecule has 0 saturated carbocycles. The molecule has 7 nitrogen and oxygen atoms in total. The maximum absolute atomic E-state index is 6.28. The van der Waals surface area contributed by atoms with E-state index < -0.39 is 0 Å². The Bertz CT molecular complexity index is 894. The molecule has 0 unspecified atom stereocenters. The number of hydrogen-bond acceptors (Lipinski definition) is 5. The summed E-state index contributed by atoms with van der Waals surface area (Å²) in [5, 5.41) is 8.56. The number of aromatic nitrogens is 3. The molecule has 0 bridgehead atoms. The van der Waals surface area contributed by atoms with Gasteiger partial charge in [0.25, 0.3) is 0 Å². The van der Waals surface area contributed by atoms with E-state index in [4.69, 9.17) is 17.4 Å². The molecule has 0 atom stereocenters. The number of hydrazone groups is 1. The van der Waals surface area contributed by atoms with E-state index in [1.807, 2.05) is 11.0 Å². The maximum Gasteiger partial charge on any atom is 0.172 e. The second-order valence-corrected chi connectivity index (χ2v) is 6.15. The minimum atomic E-state index is 0.539. The van der Waals surface area contributed by atoms with Crippen LogP contribution in [0.3, 0.4) is 0 Å². The van der Waals surface area contributed by atoms with Crippen molar-refractivity contribution < 1.29 is 0 Å². The Morgan fingerprint density at radius 2 is 2.19 bits per heavy atom. The van der Waals surface area contributed by atoms with E-state index in [1.54, 1.807) is 41.8 Å². The SMILES string of the molecule is C=C1C=NC(Cc2ccnn2-c2ncccc2Cl)=C(CCC)N1/C=N\N. The minimum Gasteiger partial charge on any atom is -0.322 e. The van der Waals surface area contributed by atoms with Crippen LogP contribution in [0.5, 0.6) is 0 Å². The van der Waals surface area contributed by atoms with Crippen LogP contribution in [0.4, 0.5) is 0 Å². The van der Waals surface area contributed by atoms with Crippen molar-refractivity contribution in [1.29, 1.82) is 0 Å². The van der Waals surface area contributed by atoms with E-state index in [2.05, 4.69) is 33.7 Å². The quantitative estimate of drug-likeness (QED) is 0.366. The molecular weight excluding hydrogens is 350 g/mol. The lowest BCUT2D eigenvalue weighted by Crippen LogP contribution is -2.26. The summed E-state index contributed by atoms with van der Waals surface area (Å²) in [4.78, 5) is 10.8. The molecule has 0 amide bonds. The third kappa shape index (κ3) is 3.52. The summed E-state index contributed by atoms with van der Waals surface area (Å²) < 4.78 is 1.74. The average molecular weight is 370 g/mol. The lowest BCUT2D eigenvalue weighted by Gasteiger charge is -2.27. The lowest BCUT2D eigenvalue weighted by atomic mass is 10.1. The van der Waals surface area contributed by atoms with Gasteiger partial charge in [0, 0.05) is 24.5 Å². The van der Waals surface area contributed by atoms with Gasteiger partial charge >= 0.3 is 0 Å². The summed E-state index contributed by atoms with van der Waals surface area (Å²) in [6.45, 7) is 6.12. The third-order valence-electron chi connectivity index (χ3n) is 3.98. The second kappa shape index (κ2) is 7.97. The van der Waals surface area contributed by atoms with Gasteiger partial charge in [0.2, 0.25) is 0 Å². The van der Waals surface area contributed by atoms with Gasteiger partial charge < -0.3 is 10.7 Å². The molecule has 3 heterocycles. The summed E-state index contributed by atoms with van der Waals surface area (Å²) in [6, 6.07) is 5.51. The maximum atomic E-state index is 6.28. The van der Waals surface area contributed by atoms with Crippen LogP contribution in [0, 0.1) is 0 Å². The highest BCUT2D eigenvalue weighted by Gasteiger charge is 2.21. The molecule has 1 aliphatic heterocycles. The Morgan fingerprint density at radius 1 is 1.35 bits per heavy atom. The highest BCUT2D eigenvalue weighted by Crippen LogP contribution is 2.27. The van der Waals surface area contributed by atoms with Crippen LogP contribution >= 0.6 is 11.6 Å². The highest BCUT2D eigenvalue weighted by molar-refractivity contribution is 6.32. The third-order valence-corrected chi connectivity index (χ3v) is 4.28. The Balaban J connectivity index is 2.00. The van der Waals surface area contributed by atoms with E-state index in [9.17, 15) is 0 Å². The van der Waals surface area contributed by atoms with Gasteiger partial charge in [-0.05, 0) is 24.6 Å². The number of halogens is 1.